The van der Waals surface area contributed by atoms with Crippen molar-refractivity contribution in [2.45, 2.75) is 355 Å². The lowest BCUT2D eigenvalue weighted by Crippen LogP contribution is -2.30. The molecule has 67 heavy (non-hydrogen) atoms. The van der Waals surface area contributed by atoms with E-state index in [0.29, 0.717) is 19.3 Å². The average molecular weight is 948 g/mol. The second-order valence-corrected chi connectivity index (χ2v) is 21.5. The first-order valence-corrected chi connectivity index (χ1v) is 30.4. The molecule has 398 valence electrons. The Kier molecular flexibility index (Phi) is 54.0. The summed E-state index contributed by atoms with van der Waals surface area (Å²) in [5, 5.41) is 0. The highest BCUT2D eigenvalue weighted by atomic mass is 16.6. The number of hydrogen-bond donors (Lipinski definition) is 0. The summed E-state index contributed by atoms with van der Waals surface area (Å²) in [7, 11) is 0. The summed E-state index contributed by atoms with van der Waals surface area (Å²) < 4.78 is 16.9. The van der Waals surface area contributed by atoms with Gasteiger partial charge >= 0.3 is 17.9 Å². The van der Waals surface area contributed by atoms with Gasteiger partial charge < -0.3 is 14.2 Å². The van der Waals surface area contributed by atoms with Crippen LogP contribution in [0, 0.1) is 5.92 Å². The molecular weight excluding hydrogens is 829 g/mol. The summed E-state index contributed by atoms with van der Waals surface area (Å²) in [6, 6.07) is 0. The highest BCUT2D eigenvalue weighted by molar-refractivity contribution is 5.71. The molecule has 0 aliphatic carbocycles. The molecule has 0 bridgehead atoms. The second-order valence-electron chi connectivity index (χ2n) is 21.5. The Balaban J connectivity index is 4.29. The molecule has 0 aliphatic heterocycles. The van der Waals surface area contributed by atoms with Crippen LogP contribution in [0.1, 0.15) is 349 Å². The molecule has 0 aromatic heterocycles. The van der Waals surface area contributed by atoms with Gasteiger partial charge in [0.05, 0.1) is 0 Å². The quantitative estimate of drug-likeness (QED) is 0.0343. The van der Waals surface area contributed by atoms with E-state index in [-0.39, 0.29) is 31.1 Å². The fourth-order valence-corrected chi connectivity index (χ4v) is 9.46. The number of carbonyl (C=O) groups is 3. The third-order valence-electron chi connectivity index (χ3n) is 14.0. The molecule has 0 aromatic carbocycles. The molecule has 0 unspecified atom stereocenters. The molecule has 0 heterocycles. The van der Waals surface area contributed by atoms with Crippen molar-refractivity contribution in [3.63, 3.8) is 0 Å². The van der Waals surface area contributed by atoms with Crippen molar-refractivity contribution in [2.75, 3.05) is 13.2 Å². The molecule has 0 aliphatic rings. The summed E-state index contributed by atoms with van der Waals surface area (Å²) >= 11 is 0. The van der Waals surface area contributed by atoms with Gasteiger partial charge in [-0.05, 0) is 25.2 Å². The molecule has 6 nitrogen and oxygen atoms in total. The van der Waals surface area contributed by atoms with Crippen LogP contribution in [-0.2, 0) is 28.6 Å². The molecule has 6 heteroatoms. The normalized spacial score (nSPS) is 12.0. The van der Waals surface area contributed by atoms with Gasteiger partial charge in [0.25, 0.3) is 0 Å². The summed E-state index contributed by atoms with van der Waals surface area (Å²) in [6.45, 7) is 9.08. The zero-order chi connectivity index (χ0) is 48.8. The Morgan fingerprint density at radius 1 is 0.284 bits per heavy atom. The maximum Gasteiger partial charge on any atom is 0.306 e. The Hall–Kier alpha value is -1.59. The molecule has 0 N–H and O–H groups in total. The van der Waals surface area contributed by atoms with Crippen LogP contribution in [-0.4, -0.2) is 37.2 Å². The van der Waals surface area contributed by atoms with Crippen molar-refractivity contribution in [2.24, 2.45) is 5.92 Å². The highest BCUT2D eigenvalue weighted by Crippen LogP contribution is 2.18. The maximum atomic E-state index is 12.9. The number of esters is 3. The van der Waals surface area contributed by atoms with Gasteiger partial charge in [0.2, 0.25) is 0 Å². The lowest BCUT2D eigenvalue weighted by atomic mass is 10.0. The first-order valence-electron chi connectivity index (χ1n) is 30.4. The third-order valence-corrected chi connectivity index (χ3v) is 14.0. The Morgan fingerprint density at radius 3 is 0.731 bits per heavy atom. The third kappa shape index (κ3) is 55.2. The fourth-order valence-electron chi connectivity index (χ4n) is 9.46. The number of rotatable bonds is 56. The van der Waals surface area contributed by atoms with Gasteiger partial charge in [-0.25, -0.2) is 0 Å². The summed E-state index contributed by atoms with van der Waals surface area (Å²) in [4.78, 5) is 38.2. The van der Waals surface area contributed by atoms with E-state index in [4.69, 9.17) is 14.2 Å². The van der Waals surface area contributed by atoms with E-state index in [9.17, 15) is 14.4 Å². The van der Waals surface area contributed by atoms with Gasteiger partial charge in [0.15, 0.2) is 6.10 Å². The molecule has 0 saturated carbocycles. The van der Waals surface area contributed by atoms with Crippen LogP contribution >= 0.6 is 0 Å². The monoisotopic (exact) mass is 947 g/mol. The predicted molar refractivity (Wildman–Crippen MR) is 289 cm³/mol. The first-order chi connectivity index (χ1) is 32.9. The number of carbonyl (C=O) groups excluding carboxylic acids is 3. The maximum absolute atomic E-state index is 12.9. The van der Waals surface area contributed by atoms with Gasteiger partial charge in [-0.15, -0.1) is 0 Å². The second kappa shape index (κ2) is 55.3. The van der Waals surface area contributed by atoms with Crippen molar-refractivity contribution in [1.82, 2.24) is 0 Å². The lowest BCUT2D eigenvalue weighted by molar-refractivity contribution is -0.167. The van der Waals surface area contributed by atoms with Crippen molar-refractivity contribution in [3.05, 3.63) is 0 Å². The minimum Gasteiger partial charge on any atom is -0.462 e. The molecule has 1 atom stereocenters. The summed E-state index contributed by atoms with van der Waals surface area (Å²) in [5.74, 6) is 0.0142. The molecule has 0 saturated heterocycles. The van der Waals surface area contributed by atoms with E-state index in [0.717, 1.165) is 63.7 Å². The van der Waals surface area contributed by atoms with Gasteiger partial charge in [0.1, 0.15) is 13.2 Å². The highest BCUT2D eigenvalue weighted by Gasteiger charge is 2.19. The molecule has 0 fully saturated rings. The lowest BCUT2D eigenvalue weighted by Gasteiger charge is -2.18. The van der Waals surface area contributed by atoms with Crippen molar-refractivity contribution >= 4 is 17.9 Å². The minimum absolute atomic E-state index is 0.0614. The van der Waals surface area contributed by atoms with Crippen LogP contribution in [0.5, 0.6) is 0 Å². The SMILES string of the molecule is CCCCCCCCCCCCCCCCCCC(=O)OC[C@H](COC(=O)CCCCCCCCCCCCCCCCC(C)C)OC(=O)CCCCCCCCCCCCCCCCCC. The van der Waals surface area contributed by atoms with E-state index in [1.165, 1.54) is 244 Å². The van der Waals surface area contributed by atoms with Gasteiger partial charge in [0, 0.05) is 19.3 Å². The molecule has 0 amide bonds. The van der Waals surface area contributed by atoms with E-state index < -0.39 is 6.10 Å². The van der Waals surface area contributed by atoms with Crippen molar-refractivity contribution < 1.29 is 28.6 Å². The first kappa shape index (κ1) is 65.4. The summed E-state index contributed by atoms with van der Waals surface area (Å²) in [6.07, 6.45) is 60.9. The van der Waals surface area contributed by atoms with E-state index in [1.807, 2.05) is 0 Å². The molecular formula is C61H118O6. The van der Waals surface area contributed by atoms with Crippen LogP contribution in [0.15, 0.2) is 0 Å². The molecule has 0 rings (SSSR count). The standard InChI is InChI=1S/C61H118O6/c1-5-7-9-11-13-15-17-19-21-23-28-32-36-40-44-48-52-59(62)65-55-58(67-61(64)54-50-46-42-38-34-30-24-22-20-18-16-14-12-10-8-6-2)56-66-60(63)53-49-45-41-37-33-29-26-25-27-31-35-39-43-47-51-57(3)4/h57-58H,5-56H2,1-4H3/t58-/m1/s1. The number of unbranched alkanes of at least 4 members (excludes halogenated alkanes) is 43. The van der Waals surface area contributed by atoms with Gasteiger partial charge in [-0.3, -0.25) is 14.4 Å². The Labute approximate surface area is 418 Å². The molecule has 0 aromatic rings. The number of ether oxygens (including phenoxy) is 3. The topological polar surface area (TPSA) is 78.9 Å². The van der Waals surface area contributed by atoms with Gasteiger partial charge in [-0.2, -0.15) is 0 Å². The van der Waals surface area contributed by atoms with E-state index >= 15 is 0 Å². The Bertz CT molecular complexity index is 1010. The van der Waals surface area contributed by atoms with E-state index in [2.05, 4.69) is 27.7 Å². The largest absolute Gasteiger partial charge is 0.462 e. The van der Waals surface area contributed by atoms with Crippen LogP contribution in [0.4, 0.5) is 0 Å². The fraction of sp³-hybridized carbons (Fsp3) is 0.951. The van der Waals surface area contributed by atoms with E-state index in [1.54, 1.807) is 0 Å². The Morgan fingerprint density at radius 2 is 0.493 bits per heavy atom. The molecule has 0 spiro atoms. The average Bonchev–Trinajstić information content (AvgIpc) is 3.31. The zero-order valence-corrected chi connectivity index (χ0v) is 45.9. The zero-order valence-electron chi connectivity index (χ0n) is 45.9. The van der Waals surface area contributed by atoms with Crippen LogP contribution in [0.2, 0.25) is 0 Å². The summed E-state index contributed by atoms with van der Waals surface area (Å²) in [5.41, 5.74) is 0. The molecule has 0 radical (unpaired) electrons. The van der Waals surface area contributed by atoms with Crippen molar-refractivity contribution in [3.8, 4) is 0 Å². The predicted octanol–water partition coefficient (Wildman–Crippen LogP) is 20.2. The van der Waals surface area contributed by atoms with Crippen LogP contribution in [0.25, 0.3) is 0 Å². The van der Waals surface area contributed by atoms with Crippen LogP contribution in [0.3, 0.4) is 0 Å². The van der Waals surface area contributed by atoms with Crippen molar-refractivity contribution in [1.29, 1.82) is 0 Å². The van der Waals surface area contributed by atoms with Crippen LogP contribution < -0.4 is 0 Å². The smallest absolute Gasteiger partial charge is 0.306 e. The number of hydrogen-bond acceptors (Lipinski definition) is 6. The van der Waals surface area contributed by atoms with Gasteiger partial charge in [-0.1, -0.05) is 310 Å². The minimum atomic E-state index is -0.762.